The van der Waals surface area contributed by atoms with Gasteiger partial charge in [-0.2, -0.15) is 0 Å². The minimum absolute atomic E-state index is 0.0206. The number of Topliss-reactive ketones (excluding diaryl/α,β-unsaturated/α-hetero) is 1. The lowest BCUT2D eigenvalue weighted by Gasteiger charge is -2.64. The zero-order chi connectivity index (χ0) is 51.0. The van der Waals surface area contributed by atoms with Crippen molar-refractivity contribution < 1.29 is 58.1 Å². The Balaban J connectivity index is 1.19. The van der Waals surface area contributed by atoms with Gasteiger partial charge in [0.15, 0.2) is 22.8 Å². The number of ketones is 1. The first-order chi connectivity index (χ1) is 34.1. The molecule has 12 atom stereocenters. The number of aromatic nitrogens is 2. The van der Waals surface area contributed by atoms with Crippen LogP contribution in [-0.4, -0.2) is 121 Å². The highest BCUT2D eigenvalue weighted by Gasteiger charge is 2.86. The third-order valence-corrected chi connectivity index (χ3v) is 16.5. The molecular weight excluding hydrogens is 921 g/mol. The fourth-order valence-electron chi connectivity index (χ4n) is 13.2. The van der Waals surface area contributed by atoms with Gasteiger partial charge >= 0.3 is 0 Å². The maximum Gasteiger partial charge on any atom is 0.246 e. The first kappa shape index (κ1) is 49.0. The molecule has 16 nitrogen and oxygen atoms in total. The molecule has 7 unspecified atom stereocenters. The number of benzene rings is 2. The molecule has 6 aliphatic heterocycles. The molecule has 4 N–H and O–H groups in total. The first-order valence-electron chi connectivity index (χ1n) is 25.6. The average molecular weight is 989 g/mol. The number of amides is 1. The summed E-state index contributed by atoms with van der Waals surface area (Å²) in [7, 11) is 0. The van der Waals surface area contributed by atoms with E-state index in [4.69, 9.17) is 43.1 Å². The van der Waals surface area contributed by atoms with Crippen LogP contribution in [0.3, 0.4) is 0 Å². The van der Waals surface area contributed by atoms with Gasteiger partial charge in [0.25, 0.3) is 0 Å². The Hall–Kier alpha value is -5.20. The molecule has 4 bridgehead atoms. The topological polar surface area (TPSA) is 202 Å². The SMILES string of the molecule is CC(C)=CCCC1(C)C=Cc2c(c(CC=C(C)C)c3c(c2O[C@H]2O[C@H]4COC(C)(C)O[C@@H]4[C@@H](O)[C@@H]2O)C2=Nc4nc5ccccc5n4C4C5CC6C(C)(C)OC(CC=C(C)C(=O)NCCO)(C5=O)C6(O3)C24)O1. The van der Waals surface area contributed by atoms with Crippen LogP contribution in [-0.2, 0) is 35.0 Å². The lowest BCUT2D eigenvalue weighted by molar-refractivity contribution is -0.373. The van der Waals surface area contributed by atoms with E-state index in [0.29, 0.717) is 64.7 Å². The van der Waals surface area contributed by atoms with Crippen molar-refractivity contribution >= 4 is 40.5 Å². The zero-order valence-corrected chi connectivity index (χ0v) is 42.9. The smallest absolute Gasteiger partial charge is 0.246 e. The first-order valence-corrected chi connectivity index (χ1v) is 25.6. The summed E-state index contributed by atoms with van der Waals surface area (Å²) in [5.74, 6) is -1.52. The van der Waals surface area contributed by atoms with E-state index in [1.165, 1.54) is 5.57 Å². The molecule has 7 heterocycles. The summed E-state index contributed by atoms with van der Waals surface area (Å²) < 4.78 is 50.6. The van der Waals surface area contributed by atoms with E-state index in [-0.39, 0.29) is 49.5 Å². The van der Waals surface area contributed by atoms with E-state index in [9.17, 15) is 20.1 Å². The molecule has 2 aromatic carbocycles. The molecule has 9 aliphatic rings. The van der Waals surface area contributed by atoms with Crippen molar-refractivity contribution in [2.24, 2.45) is 22.7 Å². The normalized spacial score (nSPS) is 34.8. The minimum Gasteiger partial charge on any atom is -0.482 e. The monoisotopic (exact) mass is 988 g/mol. The Morgan fingerprint density at radius 3 is 2.50 bits per heavy atom. The van der Waals surface area contributed by atoms with Crippen LogP contribution < -0.4 is 19.5 Å². The van der Waals surface area contributed by atoms with Crippen LogP contribution in [0.1, 0.15) is 118 Å². The van der Waals surface area contributed by atoms with Gasteiger partial charge in [-0.25, -0.2) is 9.98 Å². The molecule has 1 spiro atoms. The number of carbonyl (C=O) groups excluding carboxylic acids is 2. The Morgan fingerprint density at radius 2 is 1.75 bits per heavy atom. The number of nitrogens with zero attached hydrogens (tertiary/aromatic N) is 3. The highest BCUT2D eigenvalue weighted by molar-refractivity contribution is 6.15. The maximum atomic E-state index is 16.1. The minimum atomic E-state index is -1.61. The number of rotatable bonds is 12. The molecule has 0 radical (unpaired) electrons. The molecule has 1 aromatic heterocycles. The summed E-state index contributed by atoms with van der Waals surface area (Å²) >= 11 is 0. The second-order valence-electron chi connectivity index (χ2n) is 22.7. The van der Waals surface area contributed by atoms with Crippen molar-refractivity contribution in [2.45, 2.75) is 166 Å². The van der Waals surface area contributed by atoms with Crippen molar-refractivity contribution in [1.29, 1.82) is 0 Å². The summed E-state index contributed by atoms with van der Waals surface area (Å²) in [5, 5.41) is 36.1. The number of allylic oxidation sites excluding steroid dienone is 4. The van der Waals surface area contributed by atoms with Crippen LogP contribution in [0.2, 0.25) is 0 Å². The fraction of sp³-hybridized carbons (Fsp3) is 0.571. The third-order valence-electron chi connectivity index (χ3n) is 16.5. The highest BCUT2D eigenvalue weighted by atomic mass is 16.8. The van der Waals surface area contributed by atoms with Gasteiger partial charge < -0.3 is 58.4 Å². The molecule has 12 rings (SSSR count). The number of hydrogen-bond donors (Lipinski definition) is 4. The standard InChI is InChI=1S/C56H68N4O12/c1-28(2)14-13-21-54(10)22-20-32-44(70-54)31(18-17-29(3)4)46-38(45(32)68-50-43(63)42(62)47-36(67-50)27-66-53(8,9)69-47)40-39-41(60-35-16-12-11-15-34(35)58-51(60)59-40)33-26-37-52(6,7)72-55(48(33)64,56(37,39)71-46)23-19-30(5)49(65)57-24-25-61/h11-12,14-17,19-20,22,33,36-37,39,41-43,47,50,61-63H,13,18,21,23-27H2,1-10H3,(H,57,65)/t33?,36-,37?,39?,41?,42-,43-,47-,50+,54?,55?,56?/m0/s1. The number of imidazole rings is 1. The molecule has 16 heteroatoms. The molecule has 3 aliphatic carbocycles. The Morgan fingerprint density at radius 1 is 0.986 bits per heavy atom. The number of aliphatic hydroxyl groups is 3. The lowest BCUT2D eigenvalue weighted by atomic mass is 9.44. The van der Waals surface area contributed by atoms with Gasteiger partial charge in [-0.05, 0) is 119 Å². The largest absolute Gasteiger partial charge is 0.482 e. The number of aliphatic imine (C=N–C) groups is 1. The second-order valence-corrected chi connectivity index (χ2v) is 22.7. The predicted molar refractivity (Wildman–Crippen MR) is 267 cm³/mol. The zero-order valence-electron chi connectivity index (χ0n) is 42.9. The number of carbonyl (C=O) groups is 2. The summed E-state index contributed by atoms with van der Waals surface area (Å²) in [5.41, 5.74) is 1.82. The third kappa shape index (κ3) is 7.32. The van der Waals surface area contributed by atoms with E-state index in [1.54, 1.807) is 26.8 Å². The number of hydrogen-bond acceptors (Lipinski definition) is 14. The van der Waals surface area contributed by atoms with Gasteiger partial charge in [0.2, 0.25) is 18.1 Å². The van der Waals surface area contributed by atoms with E-state index >= 15 is 4.79 Å². The van der Waals surface area contributed by atoms with E-state index in [1.807, 2.05) is 64.1 Å². The highest BCUT2D eigenvalue weighted by Crippen LogP contribution is 2.74. The molecule has 72 heavy (non-hydrogen) atoms. The Kier molecular flexibility index (Phi) is 11.7. The molecule has 3 aromatic rings. The van der Waals surface area contributed by atoms with Crippen LogP contribution >= 0.6 is 0 Å². The summed E-state index contributed by atoms with van der Waals surface area (Å²) in [4.78, 5) is 40.2. The van der Waals surface area contributed by atoms with Gasteiger partial charge in [0.1, 0.15) is 47.3 Å². The maximum absolute atomic E-state index is 16.1. The van der Waals surface area contributed by atoms with Crippen molar-refractivity contribution in [3.05, 3.63) is 82.0 Å². The van der Waals surface area contributed by atoms with Crippen LogP contribution in [0.5, 0.6) is 17.2 Å². The fourth-order valence-corrected chi connectivity index (χ4v) is 13.2. The lowest BCUT2D eigenvalue weighted by Crippen LogP contribution is -2.79. The van der Waals surface area contributed by atoms with Crippen molar-refractivity contribution in [1.82, 2.24) is 14.9 Å². The summed E-state index contributed by atoms with van der Waals surface area (Å²) in [6, 6.07) is 7.31. The van der Waals surface area contributed by atoms with E-state index in [0.717, 1.165) is 23.0 Å². The number of fused-ring (bicyclic) bond motifs is 7. The van der Waals surface area contributed by atoms with Gasteiger partial charge in [0.05, 0.1) is 58.6 Å². The van der Waals surface area contributed by atoms with E-state index < -0.39 is 76.8 Å². The van der Waals surface area contributed by atoms with Crippen LogP contribution in [0.4, 0.5) is 5.95 Å². The van der Waals surface area contributed by atoms with Crippen molar-refractivity contribution in [3.63, 3.8) is 0 Å². The molecule has 1 amide bonds. The van der Waals surface area contributed by atoms with Crippen molar-refractivity contribution in [3.8, 4) is 17.2 Å². The average Bonchev–Trinajstić information content (AvgIpc) is 3.76. The molecule has 3 saturated heterocycles. The number of aliphatic hydroxyl groups excluding tert-OH is 3. The van der Waals surface area contributed by atoms with Crippen LogP contribution in [0.25, 0.3) is 17.1 Å². The molecule has 384 valence electrons. The summed E-state index contributed by atoms with van der Waals surface area (Å²) in [6.45, 7) is 19.5. The van der Waals surface area contributed by atoms with Crippen LogP contribution in [0.15, 0.2) is 70.3 Å². The molecule has 6 fully saturated rings. The molecule has 3 saturated carbocycles. The number of ether oxygens (including phenoxy) is 7. The van der Waals surface area contributed by atoms with Gasteiger partial charge in [-0.1, -0.05) is 41.5 Å². The number of para-hydroxylation sites is 2. The van der Waals surface area contributed by atoms with Crippen LogP contribution in [0, 0.1) is 17.8 Å². The number of nitrogens with one attached hydrogen (secondary N) is 1. The molecular formula is C56H68N4O12. The van der Waals surface area contributed by atoms with Gasteiger partial charge in [0, 0.05) is 35.9 Å². The Labute approximate surface area is 420 Å². The van der Waals surface area contributed by atoms with Gasteiger partial charge in [-0.3, -0.25) is 9.59 Å². The summed E-state index contributed by atoms with van der Waals surface area (Å²) in [6.07, 6.45) is 6.28. The predicted octanol–water partition coefficient (Wildman–Crippen LogP) is 7.07. The quantitative estimate of drug-likeness (QED) is 0.106. The Bertz CT molecular complexity index is 2920. The van der Waals surface area contributed by atoms with Crippen molar-refractivity contribution in [2.75, 3.05) is 19.8 Å². The van der Waals surface area contributed by atoms with Gasteiger partial charge in [-0.15, -0.1) is 0 Å². The second kappa shape index (κ2) is 17.2. The van der Waals surface area contributed by atoms with E-state index in [2.05, 4.69) is 42.8 Å².